The first kappa shape index (κ1) is 9.08. The third kappa shape index (κ3) is 1.48. The molecule has 0 amide bonds. The van der Waals surface area contributed by atoms with Gasteiger partial charge in [-0.2, -0.15) is 0 Å². The van der Waals surface area contributed by atoms with E-state index in [1.54, 1.807) is 0 Å². The third-order valence-electron chi connectivity index (χ3n) is 2.22. The Morgan fingerprint density at radius 2 is 2.23 bits per heavy atom. The molecule has 0 saturated heterocycles. The van der Waals surface area contributed by atoms with Crippen molar-refractivity contribution in [3.63, 3.8) is 0 Å². The number of nitrogens with two attached hydrogens (primary N) is 2. The molecule has 0 bridgehead atoms. The van der Waals surface area contributed by atoms with E-state index in [9.17, 15) is 0 Å². The lowest BCUT2D eigenvalue weighted by molar-refractivity contribution is 0.270. The van der Waals surface area contributed by atoms with Crippen molar-refractivity contribution >= 4 is 28.3 Å². The van der Waals surface area contributed by atoms with Crippen LogP contribution in [0, 0.1) is 3.57 Å². The highest BCUT2D eigenvalue weighted by Crippen LogP contribution is 2.38. The van der Waals surface area contributed by atoms with Gasteiger partial charge in [0.1, 0.15) is 5.75 Å². The molecule has 3 nitrogen and oxygen atoms in total. The molecule has 0 aromatic heterocycles. The van der Waals surface area contributed by atoms with Gasteiger partial charge in [0.05, 0.1) is 12.3 Å². The molecule has 4 heteroatoms. The Bertz CT molecular complexity index is 341. The first-order valence-corrected chi connectivity index (χ1v) is 5.24. The number of rotatable bonds is 0. The van der Waals surface area contributed by atoms with E-state index in [0.29, 0.717) is 12.3 Å². The quantitative estimate of drug-likeness (QED) is 0.564. The molecule has 13 heavy (non-hydrogen) atoms. The minimum atomic E-state index is 0.0687. The smallest absolute Gasteiger partial charge is 0.147 e. The maximum atomic E-state index is 5.98. The summed E-state index contributed by atoms with van der Waals surface area (Å²) in [6, 6.07) is 3.90. The molecule has 4 N–H and O–H groups in total. The molecule has 0 fully saturated rings. The van der Waals surface area contributed by atoms with Gasteiger partial charge in [0.25, 0.3) is 0 Å². The summed E-state index contributed by atoms with van der Waals surface area (Å²) >= 11 is 2.26. The molecule has 0 saturated carbocycles. The standard InChI is InChI=1S/C9H11IN2O/c10-5-1-2-7(12)9-8(5)6(11)3-4-13-9/h1-2,6H,3-4,11-12H2/t6-/m0/s1. The Morgan fingerprint density at radius 1 is 1.46 bits per heavy atom. The minimum absolute atomic E-state index is 0.0687. The number of ether oxygens (including phenoxy) is 1. The zero-order valence-electron chi connectivity index (χ0n) is 7.09. The van der Waals surface area contributed by atoms with Crippen LogP contribution in [0.15, 0.2) is 12.1 Å². The van der Waals surface area contributed by atoms with Crippen LogP contribution in [0.4, 0.5) is 5.69 Å². The molecular formula is C9H11IN2O. The molecule has 1 heterocycles. The van der Waals surface area contributed by atoms with Crippen LogP contribution >= 0.6 is 22.6 Å². The number of benzene rings is 1. The summed E-state index contributed by atoms with van der Waals surface area (Å²) in [5.74, 6) is 0.783. The molecule has 0 unspecified atom stereocenters. The van der Waals surface area contributed by atoms with Crippen molar-refractivity contribution in [2.45, 2.75) is 12.5 Å². The van der Waals surface area contributed by atoms with E-state index in [1.807, 2.05) is 12.1 Å². The molecule has 0 spiro atoms. The predicted octanol–water partition coefficient (Wildman–Crippen LogP) is 1.66. The highest BCUT2D eigenvalue weighted by atomic mass is 127. The maximum absolute atomic E-state index is 5.98. The van der Waals surface area contributed by atoms with Crippen molar-refractivity contribution in [2.24, 2.45) is 5.73 Å². The zero-order valence-corrected chi connectivity index (χ0v) is 9.24. The Labute approximate surface area is 90.6 Å². The summed E-state index contributed by atoms with van der Waals surface area (Å²) in [5, 5.41) is 0. The van der Waals surface area contributed by atoms with Gasteiger partial charge in [-0.15, -0.1) is 0 Å². The van der Waals surface area contributed by atoms with E-state index < -0.39 is 0 Å². The summed E-state index contributed by atoms with van der Waals surface area (Å²) < 4.78 is 6.63. The first-order chi connectivity index (χ1) is 6.20. The molecule has 0 aliphatic carbocycles. The van der Waals surface area contributed by atoms with Crippen LogP contribution in [0.2, 0.25) is 0 Å². The number of nitrogen functional groups attached to an aromatic ring is 1. The average Bonchev–Trinajstić information content (AvgIpc) is 2.12. The Hall–Kier alpha value is -0.490. The normalized spacial score (nSPS) is 20.6. The molecule has 2 rings (SSSR count). The van der Waals surface area contributed by atoms with E-state index in [1.165, 1.54) is 0 Å². The fraction of sp³-hybridized carbons (Fsp3) is 0.333. The third-order valence-corrected chi connectivity index (χ3v) is 3.16. The summed E-state index contributed by atoms with van der Waals surface area (Å²) in [5.41, 5.74) is 13.5. The van der Waals surface area contributed by atoms with Crippen molar-refractivity contribution in [3.05, 3.63) is 21.3 Å². The monoisotopic (exact) mass is 290 g/mol. The highest BCUT2D eigenvalue weighted by molar-refractivity contribution is 14.1. The van der Waals surface area contributed by atoms with Crippen LogP contribution < -0.4 is 16.2 Å². The van der Waals surface area contributed by atoms with Crippen LogP contribution in [0.25, 0.3) is 0 Å². The van der Waals surface area contributed by atoms with Crippen molar-refractivity contribution in [1.82, 2.24) is 0 Å². The summed E-state index contributed by atoms with van der Waals surface area (Å²) in [6.45, 7) is 0.665. The molecule has 70 valence electrons. The number of halogens is 1. The van der Waals surface area contributed by atoms with Gasteiger partial charge < -0.3 is 16.2 Å². The van der Waals surface area contributed by atoms with Gasteiger partial charge >= 0.3 is 0 Å². The molecule has 1 aromatic carbocycles. The van der Waals surface area contributed by atoms with E-state index in [0.717, 1.165) is 21.3 Å². The molecule has 1 aliphatic heterocycles. The first-order valence-electron chi connectivity index (χ1n) is 4.16. The van der Waals surface area contributed by atoms with Crippen LogP contribution in [-0.2, 0) is 0 Å². The van der Waals surface area contributed by atoms with Gasteiger partial charge in [-0.05, 0) is 34.7 Å². The largest absolute Gasteiger partial charge is 0.491 e. The number of hydrogen-bond acceptors (Lipinski definition) is 3. The Balaban J connectivity index is 2.60. The summed E-state index contributed by atoms with van der Waals surface area (Å²) in [7, 11) is 0. The van der Waals surface area contributed by atoms with E-state index in [4.69, 9.17) is 16.2 Å². The molecule has 1 aliphatic rings. The lowest BCUT2D eigenvalue weighted by atomic mass is 10.0. The molecule has 0 radical (unpaired) electrons. The molecule has 1 atom stereocenters. The van der Waals surface area contributed by atoms with Crippen molar-refractivity contribution < 1.29 is 4.74 Å². The highest BCUT2D eigenvalue weighted by Gasteiger charge is 2.22. The minimum Gasteiger partial charge on any atom is -0.491 e. The fourth-order valence-electron chi connectivity index (χ4n) is 1.53. The topological polar surface area (TPSA) is 61.3 Å². The number of fused-ring (bicyclic) bond motifs is 1. The van der Waals surface area contributed by atoms with Gasteiger partial charge in [-0.1, -0.05) is 0 Å². The maximum Gasteiger partial charge on any atom is 0.147 e. The van der Waals surface area contributed by atoms with Gasteiger partial charge in [0, 0.05) is 21.6 Å². The summed E-state index contributed by atoms with van der Waals surface area (Å²) in [6.07, 6.45) is 0.868. The second-order valence-corrected chi connectivity index (χ2v) is 4.29. The van der Waals surface area contributed by atoms with E-state index >= 15 is 0 Å². The Morgan fingerprint density at radius 3 is 2.92 bits per heavy atom. The van der Waals surface area contributed by atoms with Crippen molar-refractivity contribution in [1.29, 1.82) is 0 Å². The second-order valence-electron chi connectivity index (χ2n) is 3.12. The summed E-state index contributed by atoms with van der Waals surface area (Å²) in [4.78, 5) is 0. The zero-order chi connectivity index (χ0) is 9.42. The Kier molecular flexibility index (Phi) is 2.33. The fourth-order valence-corrected chi connectivity index (χ4v) is 2.36. The number of anilines is 1. The van der Waals surface area contributed by atoms with Gasteiger partial charge in [-0.25, -0.2) is 0 Å². The van der Waals surface area contributed by atoms with Gasteiger partial charge in [0.15, 0.2) is 0 Å². The predicted molar refractivity (Wildman–Crippen MR) is 60.6 cm³/mol. The molecular weight excluding hydrogens is 279 g/mol. The van der Waals surface area contributed by atoms with Crippen LogP contribution in [0.5, 0.6) is 5.75 Å². The van der Waals surface area contributed by atoms with E-state index in [2.05, 4.69) is 22.6 Å². The lowest BCUT2D eigenvalue weighted by Crippen LogP contribution is -2.22. The molecule has 1 aromatic rings. The van der Waals surface area contributed by atoms with Crippen LogP contribution in [0.3, 0.4) is 0 Å². The van der Waals surface area contributed by atoms with Crippen LogP contribution in [-0.4, -0.2) is 6.61 Å². The number of hydrogen-bond donors (Lipinski definition) is 2. The average molecular weight is 290 g/mol. The van der Waals surface area contributed by atoms with Crippen molar-refractivity contribution in [2.75, 3.05) is 12.3 Å². The van der Waals surface area contributed by atoms with Gasteiger partial charge in [-0.3, -0.25) is 0 Å². The second kappa shape index (κ2) is 3.34. The van der Waals surface area contributed by atoms with Crippen molar-refractivity contribution in [3.8, 4) is 5.75 Å². The van der Waals surface area contributed by atoms with E-state index in [-0.39, 0.29) is 6.04 Å². The van der Waals surface area contributed by atoms with Crippen LogP contribution in [0.1, 0.15) is 18.0 Å². The lowest BCUT2D eigenvalue weighted by Gasteiger charge is -2.25. The van der Waals surface area contributed by atoms with Gasteiger partial charge in [0.2, 0.25) is 0 Å². The SMILES string of the molecule is Nc1ccc(I)c2c1OCC[C@@H]2N.